The molecule has 1 aromatic rings. The van der Waals surface area contributed by atoms with Gasteiger partial charge in [0.2, 0.25) is 17.7 Å². The number of carbonyl (C=O) groups is 3. The number of amides is 3. The summed E-state index contributed by atoms with van der Waals surface area (Å²) < 4.78 is 40.7. The summed E-state index contributed by atoms with van der Waals surface area (Å²) in [4.78, 5) is 35.7. The summed E-state index contributed by atoms with van der Waals surface area (Å²) >= 11 is 0. The standard InChI is InChI=1S/C16H19F3N4O3/c17-16(18,19)15-10-3-1-2-4-11(10)23(21-15)8-7-20-12(24)9-22-13(25)5-6-14(22)26/h1-9H2,(H,20,24). The van der Waals surface area contributed by atoms with Crippen LogP contribution in [0.1, 0.15) is 42.6 Å². The van der Waals surface area contributed by atoms with Gasteiger partial charge in [-0.05, 0) is 25.7 Å². The van der Waals surface area contributed by atoms with E-state index >= 15 is 0 Å². The zero-order valence-corrected chi connectivity index (χ0v) is 14.1. The predicted molar refractivity (Wildman–Crippen MR) is 82.8 cm³/mol. The zero-order valence-electron chi connectivity index (χ0n) is 14.1. The van der Waals surface area contributed by atoms with Crippen molar-refractivity contribution in [2.75, 3.05) is 13.1 Å². The molecule has 10 heteroatoms. The quantitative estimate of drug-likeness (QED) is 0.783. The van der Waals surface area contributed by atoms with E-state index in [0.717, 1.165) is 11.3 Å². The lowest BCUT2D eigenvalue weighted by Crippen LogP contribution is -2.41. The van der Waals surface area contributed by atoms with Gasteiger partial charge in [-0.1, -0.05) is 0 Å². The predicted octanol–water partition coefficient (Wildman–Crippen LogP) is 1.05. The first kappa shape index (κ1) is 18.4. The number of halogens is 3. The van der Waals surface area contributed by atoms with Gasteiger partial charge in [0.1, 0.15) is 6.54 Å². The van der Waals surface area contributed by atoms with Gasteiger partial charge in [-0.25, -0.2) is 0 Å². The van der Waals surface area contributed by atoms with Gasteiger partial charge >= 0.3 is 6.18 Å². The van der Waals surface area contributed by atoms with E-state index in [1.165, 1.54) is 4.68 Å². The molecule has 3 rings (SSSR count). The molecule has 7 nitrogen and oxygen atoms in total. The van der Waals surface area contributed by atoms with Gasteiger partial charge in [-0.2, -0.15) is 18.3 Å². The van der Waals surface area contributed by atoms with Crippen LogP contribution in [0.3, 0.4) is 0 Å². The minimum absolute atomic E-state index is 0.0699. The Morgan fingerprint density at radius 2 is 1.73 bits per heavy atom. The van der Waals surface area contributed by atoms with Crippen LogP contribution in [0, 0.1) is 0 Å². The number of fused-ring (bicyclic) bond motifs is 1. The van der Waals surface area contributed by atoms with Crippen LogP contribution in [0.15, 0.2) is 0 Å². The van der Waals surface area contributed by atoms with Gasteiger partial charge in [0.25, 0.3) is 0 Å². The maximum absolute atomic E-state index is 13.1. The van der Waals surface area contributed by atoms with Crippen molar-refractivity contribution in [3.63, 3.8) is 0 Å². The van der Waals surface area contributed by atoms with Crippen LogP contribution >= 0.6 is 0 Å². The molecule has 0 radical (unpaired) electrons. The lowest BCUT2D eigenvalue weighted by atomic mass is 9.95. The first-order valence-electron chi connectivity index (χ1n) is 8.53. The molecule has 2 aliphatic rings. The minimum atomic E-state index is -4.49. The fourth-order valence-corrected chi connectivity index (χ4v) is 3.38. The maximum atomic E-state index is 13.1. The van der Waals surface area contributed by atoms with E-state index in [2.05, 4.69) is 10.4 Å². The molecule has 0 atom stereocenters. The normalized spacial score (nSPS) is 17.6. The zero-order chi connectivity index (χ0) is 18.9. The van der Waals surface area contributed by atoms with E-state index in [1.54, 1.807) is 0 Å². The number of likely N-dealkylation sites (tertiary alicyclic amines) is 1. The second-order valence-corrected chi connectivity index (χ2v) is 6.43. The number of rotatable bonds is 5. The second kappa shape index (κ2) is 7.08. The van der Waals surface area contributed by atoms with Gasteiger partial charge in [0.05, 0.1) is 6.54 Å². The Morgan fingerprint density at radius 1 is 1.08 bits per heavy atom. The number of nitrogens with zero attached hydrogens (tertiary/aromatic N) is 3. The average Bonchev–Trinajstić information content (AvgIpc) is 3.10. The molecule has 1 aliphatic carbocycles. The molecule has 0 saturated carbocycles. The lowest BCUT2D eigenvalue weighted by molar-refractivity contribution is -0.142. The van der Waals surface area contributed by atoms with E-state index in [9.17, 15) is 27.6 Å². The highest BCUT2D eigenvalue weighted by atomic mass is 19.4. The van der Waals surface area contributed by atoms with Gasteiger partial charge in [0, 0.05) is 30.6 Å². The largest absolute Gasteiger partial charge is 0.435 e. The van der Waals surface area contributed by atoms with Crippen molar-refractivity contribution < 1.29 is 27.6 Å². The summed E-state index contributed by atoms with van der Waals surface area (Å²) in [6, 6.07) is 0. The van der Waals surface area contributed by atoms with Crippen LogP contribution in [0.2, 0.25) is 0 Å². The Hall–Kier alpha value is -2.39. The molecule has 3 amide bonds. The molecule has 0 bridgehead atoms. The van der Waals surface area contributed by atoms with Crippen LogP contribution in [-0.4, -0.2) is 45.5 Å². The highest BCUT2D eigenvalue weighted by Crippen LogP contribution is 2.35. The molecular formula is C16H19F3N4O3. The number of hydrogen-bond acceptors (Lipinski definition) is 4. The number of carbonyl (C=O) groups excluding carboxylic acids is 3. The summed E-state index contributed by atoms with van der Waals surface area (Å²) in [5.41, 5.74) is -0.0159. The molecule has 26 heavy (non-hydrogen) atoms. The lowest BCUT2D eigenvalue weighted by Gasteiger charge is -2.15. The van der Waals surface area contributed by atoms with Gasteiger partial charge in [-0.15, -0.1) is 0 Å². The third-order valence-corrected chi connectivity index (χ3v) is 4.63. The Bertz CT molecular complexity index is 726. The maximum Gasteiger partial charge on any atom is 0.435 e. The minimum Gasteiger partial charge on any atom is -0.353 e. The number of nitrogens with one attached hydrogen (secondary N) is 1. The van der Waals surface area contributed by atoms with Crippen LogP contribution in [0.25, 0.3) is 0 Å². The number of aromatic nitrogens is 2. The van der Waals surface area contributed by atoms with Crippen molar-refractivity contribution in [2.24, 2.45) is 0 Å². The van der Waals surface area contributed by atoms with E-state index in [0.29, 0.717) is 25.0 Å². The van der Waals surface area contributed by atoms with E-state index in [1.807, 2.05) is 0 Å². The van der Waals surface area contributed by atoms with Crippen molar-refractivity contribution in [1.29, 1.82) is 0 Å². The fourth-order valence-electron chi connectivity index (χ4n) is 3.38. The molecular weight excluding hydrogens is 353 g/mol. The molecule has 1 aromatic heterocycles. The number of imide groups is 1. The van der Waals surface area contributed by atoms with Gasteiger partial charge < -0.3 is 5.32 Å². The van der Waals surface area contributed by atoms with Crippen LogP contribution in [0.4, 0.5) is 13.2 Å². The fraction of sp³-hybridized carbons (Fsp3) is 0.625. The highest BCUT2D eigenvalue weighted by Gasteiger charge is 2.39. The van der Waals surface area contributed by atoms with Crippen molar-refractivity contribution >= 4 is 17.7 Å². The summed E-state index contributed by atoms with van der Waals surface area (Å²) in [5, 5.41) is 6.24. The Kier molecular flexibility index (Phi) is 5.01. The Balaban J connectivity index is 1.60. The molecule has 0 spiro atoms. The van der Waals surface area contributed by atoms with Crippen molar-refractivity contribution in [3.8, 4) is 0 Å². The monoisotopic (exact) mass is 372 g/mol. The number of alkyl halides is 3. The van der Waals surface area contributed by atoms with E-state index < -0.39 is 17.8 Å². The summed E-state index contributed by atoms with van der Waals surface area (Å²) in [5.74, 6) is -1.30. The number of hydrogen-bond donors (Lipinski definition) is 1. The topological polar surface area (TPSA) is 84.3 Å². The van der Waals surface area contributed by atoms with E-state index in [-0.39, 0.29) is 49.9 Å². The SMILES string of the molecule is O=C(CN1C(=O)CCC1=O)NCCn1nc(C(F)(F)F)c2c1CCCC2. The van der Waals surface area contributed by atoms with Crippen LogP contribution in [-0.2, 0) is 39.9 Å². The van der Waals surface area contributed by atoms with E-state index in [4.69, 9.17) is 0 Å². The molecule has 1 N–H and O–H groups in total. The smallest absolute Gasteiger partial charge is 0.353 e. The van der Waals surface area contributed by atoms with Crippen molar-refractivity contribution in [3.05, 3.63) is 17.0 Å². The molecule has 1 saturated heterocycles. The first-order chi connectivity index (χ1) is 12.3. The molecule has 0 aromatic carbocycles. The first-order valence-corrected chi connectivity index (χ1v) is 8.53. The molecule has 0 unspecified atom stereocenters. The average molecular weight is 372 g/mol. The van der Waals surface area contributed by atoms with Crippen molar-refractivity contribution in [2.45, 2.75) is 51.2 Å². The highest BCUT2D eigenvalue weighted by molar-refractivity contribution is 6.04. The van der Waals surface area contributed by atoms with Gasteiger partial charge in [0.15, 0.2) is 5.69 Å². The third-order valence-electron chi connectivity index (χ3n) is 4.63. The van der Waals surface area contributed by atoms with Crippen molar-refractivity contribution in [1.82, 2.24) is 20.0 Å². The second-order valence-electron chi connectivity index (χ2n) is 6.43. The third kappa shape index (κ3) is 3.73. The molecule has 1 aliphatic heterocycles. The molecule has 2 heterocycles. The summed E-state index contributed by atoms with van der Waals surface area (Å²) in [7, 11) is 0. The molecule has 142 valence electrons. The summed E-state index contributed by atoms with van der Waals surface area (Å²) in [6.45, 7) is -0.185. The van der Waals surface area contributed by atoms with Crippen LogP contribution < -0.4 is 5.32 Å². The van der Waals surface area contributed by atoms with Crippen LogP contribution in [0.5, 0.6) is 0 Å². The summed E-state index contributed by atoms with van der Waals surface area (Å²) in [6.07, 6.45) is -1.89. The molecule has 1 fully saturated rings. The Morgan fingerprint density at radius 3 is 2.38 bits per heavy atom. The van der Waals surface area contributed by atoms with Gasteiger partial charge in [-0.3, -0.25) is 24.0 Å². The Labute approximate surface area is 147 Å².